The van der Waals surface area contributed by atoms with Crippen molar-refractivity contribution in [2.75, 3.05) is 38.6 Å². The van der Waals surface area contributed by atoms with Gasteiger partial charge in [0.1, 0.15) is 0 Å². The Hall–Kier alpha value is 1.47. The molecule has 1 heterocycles. The summed E-state index contributed by atoms with van der Waals surface area (Å²) in [5, 5.41) is 0. The zero-order valence-electron chi connectivity index (χ0n) is 7.73. The van der Waals surface area contributed by atoms with Crippen molar-refractivity contribution >= 4 is 10.1 Å². The molecule has 0 aromatic heterocycles. The van der Waals surface area contributed by atoms with Gasteiger partial charge in [0.05, 0.1) is 29.1 Å². The summed E-state index contributed by atoms with van der Waals surface area (Å²) in [5.74, 6) is -0.299. The summed E-state index contributed by atoms with van der Waals surface area (Å²) in [4.78, 5) is 1.92. The topological polar surface area (TPSA) is 69.7 Å². The molecule has 1 rings (SSSR count). The fourth-order valence-corrected chi connectivity index (χ4v) is 1.55. The van der Waals surface area contributed by atoms with Gasteiger partial charge >= 0.3 is 51.4 Å². The van der Waals surface area contributed by atoms with Crippen LogP contribution in [-0.2, 0) is 14.9 Å². The molecule has 5 nitrogen and oxygen atoms in total. The summed E-state index contributed by atoms with van der Waals surface area (Å²) < 4.78 is 35.8. The van der Waals surface area contributed by atoms with Crippen LogP contribution in [0.5, 0.6) is 0 Å². The maximum Gasteiger partial charge on any atom is 1.00 e. The third-order valence-corrected chi connectivity index (χ3v) is 2.44. The van der Waals surface area contributed by atoms with Crippen LogP contribution in [0.25, 0.3) is 0 Å². The van der Waals surface area contributed by atoms with E-state index in [4.69, 9.17) is 4.74 Å². The van der Waals surface area contributed by atoms with E-state index in [-0.39, 0.29) is 57.1 Å². The average molecular weight is 233 g/mol. The fourth-order valence-electron chi connectivity index (χ4n) is 1.07. The van der Waals surface area contributed by atoms with E-state index in [1.54, 1.807) is 0 Å². The first-order valence-electron chi connectivity index (χ1n) is 3.81. The van der Waals surface area contributed by atoms with Crippen LogP contribution in [0.2, 0.25) is 0 Å². The second-order valence-corrected chi connectivity index (χ2v) is 4.24. The molecular formula is C6H12KNO4S. The van der Waals surface area contributed by atoms with Crippen LogP contribution in [0.4, 0.5) is 0 Å². The van der Waals surface area contributed by atoms with Gasteiger partial charge in [0, 0.05) is 19.6 Å². The van der Waals surface area contributed by atoms with Gasteiger partial charge < -0.3 is 9.29 Å². The molecule has 0 bridgehead atoms. The van der Waals surface area contributed by atoms with Crippen molar-refractivity contribution < 1.29 is 69.1 Å². The molecule has 0 aromatic rings. The van der Waals surface area contributed by atoms with Crippen LogP contribution in [0.1, 0.15) is 0 Å². The molecule has 0 radical (unpaired) electrons. The van der Waals surface area contributed by atoms with Gasteiger partial charge in [-0.1, -0.05) is 0 Å². The quantitative estimate of drug-likeness (QED) is 0.366. The van der Waals surface area contributed by atoms with E-state index in [1.807, 2.05) is 4.90 Å². The Morgan fingerprint density at radius 3 is 2.31 bits per heavy atom. The van der Waals surface area contributed by atoms with Crippen LogP contribution in [0.3, 0.4) is 0 Å². The monoisotopic (exact) mass is 233 g/mol. The van der Waals surface area contributed by atoms with E-state index in [9.17, 15) is 13.0 Å². The Morgan fingerprint density at radius 2 is 1.85 bits per heavy atom. The van der Waals surface area contributed by atoms with Crippen molar-refractivity contribution in [3.05, 3.63) is 0 Å². The molecule has 0 unspecified atom stereocenters. The Bertz CT molecular complexity index is 225. The van der Waals surface area contributed by atoms with Gasteiger partial charge in [-0.15, -0.1) is 0 Å². The van der Waals surface area contributed by atoms with Crippen LogP contribution in [0.15, 0.2) is 0 Å². The van der Waals surface area contributed by atoms with Gasteiger partial charge in [0.15, 0.2) is 0 Å². The number of morpholine rings is 1. The molecule has 13 heavy (non-hydrogen) atoms. The number of ether oxygens (including phenoxy) is 1. The Morgan fingerprint density at radius 1 is 1.31 bits per heavy atom. The second-order valence-electron chi connectivity index (χ2n) is 2.72. The molecule has 0 saturated carbocycles. The van der Waals surface area contributed by atoms with Crippen LogP contribution in [0, 0.1) is 0 Å². The summed E-state index contributed by atoms with van der Waals surface area (Å²) >= 11 is 0. The number of hydrogen-bond donors (Lipinski definition) is 0. The molecule has 0 spiro atoms. The molecule has 1 aliphatic heterocycles. The van der Waals surface area contributed by atoms with Crippen LogP contribution in [-0.4, -0.2) is 56.5 Å². The first-order valence-corrected chi connectivity index (χ1v) is 5.39. The van der Waals surface area contributed by atoms with Gasteiger partial charge in [0.2, 0.25) is 0 Å². The summed E-state index contributed by atoms with van der Waals surface area (Å²) in [5.41, 5.74) is 0. The van der Waals surface area contributed by atoms with E-state index < -0.39 is 10.1 Å². The molecule has 1 aliphatic rings. The minimum absolute atomic E-state index is 0. The number of rotatable bonds is 3. The normalized spacial score (nSPS) is 19.5. The molecule has 1 saturated heterocycles. The van der Waals surface area contributed by atoms with Crippen LogP contribution < -0.4 is 51.4 Å². The summed E-state index contributed by atoms with van der Waals surface area (Å²) in [6, 6.07) is 0. The SMILES string of the molecule is O=S(=O)([O-])CCN1CCOCC1.[K+]. The molecule has 0 aliphatic carbocycles. The van der Waals surface area contributed by atoms with E-state index in [2.05, 4.69) is 0 Å². The van der Waals surface area contributed by atoms with E-state index >= 15 is 0 Å². The molecule has 0 amide bonds. The third kappa shape index (κ3) is 7.40. The second kappa shape index (κ2) is 6.86. The zero-order valence-corrected chi connectivity index (χ0v) is 11.7. The van der Waals surface area contributed by atoms with Crippen molar-refractivity contribution in [1.82, 2.24) is 4.90 Å². The van der Waals surface area contributed by atoms with Gasteiger partial charge in [-0.05, 0) is 0 Å². The summed E-state index contributed by atoms with van der Waals surface area (Å²) in [6.45, 7) is 3.01. The van der Waals surface area contributed by atoms with Crippen LogP contribution >= 0.6 is 0 Å². The standard InChI is InChI=1S/C6H13NO4S.K/c8-12(9,10)6-3-7-1-4-11-5-2-7;/h1-6H2,(H,8,9,10);/q;+1/p-1. The van der Waals surface area contributed by atoms with Crippen molar-refractivity contribution in [2.24, 2.45) is 0 Å². The van der Waals surface area contributed by atoms with Crippen molar-refractivity contribution in [1.29, 1.82) is 0 Å². The average Bonchev–Trinajstić information content (AvgIpc) is 2.02. The fraction of sp³-hybridized carbons (Fsp3) is 1.00. The number of hydrogen-bond acceptors (Lipinski definition) is 5. The molecule has 7 heteroatoms. The van der Waals surface area contributed by atoms with E-state index in [1.165, 1.54) is 0 Å². The van der Waals surface area contributed by atoms with Gasteiger partial charge in [-0.2, -0.15) is 0 Å². The minimum Gasteiger partial charge on any atom is -0.748 e. The van der Waals surface area contributed by atoms with Gasteiger partial charge in [-0.3, -0.25) is 4.90 Å². The Kier molecular flexibility index (Phi) is 7.63. The molecular weight excluding hydrogens is 221 g/mol. The van der Waals surface area contributed by atoms with Gasteiger partial charge in [0.25, 0.3) is 0 Å². The smallest absolute Gasteiger partial charge is 0.748 e. The maximum absolute atomic E-state index is 10.3. The van der Waals surface area contributed by atoms with E-state index in [0.717, 1.165) is 13.1 Å². The molecule has 72 valence electrons. The Labute approximate surface area is 121 Å². The predicted molar refractivity (Wildman–Crippen MR) is 41.8 cm³/mol. The third-order valence-electron chi connectivity index (χ3n) is 1.76. The first kappa shape index (κ1) is 14.5. The molecule has 0 N–H and O–H groups in total. The Balaban J connectivity index is 0.00000144. The van der Waals surface area contributed by atoms with Crippen molar-refractivity contribution in [3.63, 3.8) is 0 Å². The maximum atomic E-state index is 10.3. The van der Waals surface area contributed by atoms with E-state index in [0.29, 0.717) is 19.8 Å². The first-order chi connectivity index (χ1) is 5.58. The molecule has 0 atom stereocenters. The van der Waals surface area contributed by atoms with Gasteiger partial charge in [-0.25, -0.2) is 8.42 Å². The summed E-state index contributed by atoms with van der Waals surface area (Å²) in [6.07, 6.45) is 0. The molecule has 0 aromatic carbocycles. The van der Waals surface area contributed by atoms with Crippen molar-refractivity contribution in [2.45, 2.75) is 0 Å². The summed E-state index contributed by atoms with van der Waals surface area (Å²) in [7, 11) is -4.06. The number of nitrogens with zero attached hydrogens (tertiary/aromatic N) is 1. The van der Waals surface area contributed by atoms with Crippen molar-refractivity contribution in [3.8, 4) is 0 Å². The zero-order chi connectivity index (χ0) is 9.03. The molecule has 1 fully saturated rings. The predicted octanol–water partition coefficient (Wildman–Crippen LogP) is -4.13. The minimum atomic E-state index is -4.06. The largest absolute Gasteiger partial charge is 1.00 e.